The van der Waals surface area contributed by atoms with Crippen molar-refractivity contribution in [3.8, 4) is 0 Å². The van der Waals surface area contributed by atoms with Crippen LogP contribution in [0.3, 0.4) is 0 Å². The topological polar surface area (TPSA) is 59.2 Å². The number of carbonyl (C=O) groups excluding carboxylic acids is 1. The normalized spacial score (nSPS) is 17.8. The summed E-state index contributed by atoms with van der Waals surface area (Å²) in [6.45, 7) is 4.92. The van der Waals surface area contributed by atoms with Gasteiger partial charge in [0.15, 0.2) is 0 Å². The molecule has 5 nitrogen and oxygen atoms in total. The second-order valence-electron chi connectivity index (χ2n) is 6.28. The lowest BCUT2D eigenvalue weighted by atomic mass is 9.80. The van der Waals surface area contributed by atoms with Gasteiger partial charge >= 0.3 is 0 Å². The Hall–Kier alpha value is -1.53. The predicted octanol–water partition coefficient (Wildman–Crippen LogP) is 3.95. The van der Waals surface area contributed by atoms with Crippen LogP contribution in [0.4, 0.5) is 0 Å². The summed E-state index contributed by atoms with van der Waals surface area (Å²) in [6, 6.07) is 6.01. The highest BCUT2D eigenvalue weighted by atomic mass is 79.9. The average Bonchev–Trinajstić information content (AvgIpc) is 3.11. The number of rotatable bonds is 6. The van der Waals surface area contributed by atoms with Crippen LogP contribution in [0, 0.1) is 11.8 Å². The maximum atomic E-state index is 12.6. The Kier molecular flexibility index (Phi) is 5.79. The molecule has 1 saturated heterocycles. The highest BCUT2D eigenvalue weighted by Gasteiger charge is 2.32. The summed E-state index contributed by atoms with van der Waals surface area (Å²) in [7, 11) is 0. The number of halogens is 1. The Bertz CT molecular complexity index is 667. The van der Waals surface area contributed by atoms with Gasteiger partial charge in [0.1, 0.15) is 10.9 Å². The molecule has 1 unspecified atom stereocenters. The zero-order valence-corrected chi connectivity index (χ0v) is 15.4. The van der Waals surface area contributed by atoms with Crippen LogP contribution in [0.2, 0.25) is 0 Å². The lowest BCUT2D eigenvalue weighted by molar-refractivity contribution is 0.0749. The van der Waals surface area contributed by atoms with Crippen LogP contribution in [-0.2, 0) is 6.54 Å². The van der Waals surface area contributed by atoms with E-state index < -0.39 is 0 Å². The Morgan fingerprint density at radius 1 is 1.42 bits per heavy atom. The lowest BCUT2D eigenvalue weighted by Crippen LogP contribution is -2.37. The Labute approximate surface area is 150 Å². The molecule has 0 N–H and O–H groups in total. The number of likely N-dealkylation sites (tertiary alicyclic amines) is 1. The van der Waals surface area contributed by atoms with Crippen molar-refractivity contribution < 1.29 is 9.21 Å². The van der Waals surface area contributed by atoms with E-state index in [9.17, 15) is 4.79 Å². The van der Waals surface area contributed by atoms with Crippen LogP contribution in [0.25, 0.3) is 0 Å². The summed E-state index contributed by atoms with van der Waals surface area (Å²) < 4.78 is 6.07. The number of ketones is 1. The van der Waals surface area contributed by atoms with Crippen LogP contribution in [0.15, 0.2) is 39.7 Å². The molecule has 0 radical (unpaired) electrons. The fourth-order valence-corrected chi connectivity index (χ4v) is 3.90. The number of oxazole rings is 1. The molecule has 2 aromatic heterocycles. The molecule has 0 bridgehead atoms. The number of carbonyl (C=O) groups is 1. The zero-order valence-electron chi connectivity index (χ0n) is 13.8. The molecule has 128 valence electrons. The lowest BCUT2D eigenvalue weighted by Gasteiger charge is -2.34. The van der Waals surface area contributed by atoms with Gasteiger partial charge in [-0.2, -0.15) is 0 Å². The SMILES string of the molecule is CCC(C(=O)c1ncco1)C1CCN(Cc2cccc(Br)n2)CC1. The molecule has 0 aromatic carbocycles. The summed E-state index contributed by atoms with van der Waals surface area (Å²) in [6.07, 6.45) is 5.89. The number of piperidine rings is 1. The summed E-state index contributed by atoms with van der Waals surface area (Å²) in [5, 5.41) is 0. The number of pyridine rings is 1. The van der Waals surface area contributed by atoms with Gasteiger partial charge in [0.05, 0.1) is 11.9 Å². The Morgan fingerprint density at radius 2 is 2.21 bits per heavy atom. The molecule has 0 aliphatic carbocycles. The van der Waals surface area contributed by atoms with Crippen LogP contribution in [0.5, 0.6) is 0 Å². The molecular weight excluding hydrogens is 370 g/mol. The van der Waals surface area contributed by atoms with Gasteiger partial charge in [0.25, 0.3) is 5.89 Å². The smallest absolute Gasteiger partial charge is 0.263 e. The van der Waals surface area contributed by atoms with E-state index in [-0.39, 0.29) is 17.6 Å². The van der Waals surface area contributed by atoms with Gasteiger partial charge in [-0.15, -0.1) is 0 Å². The molecule has 3 heterocycles. The fourth-order valence-electron chi connectivity index (χ4n) is 3.52. The predicted molar refractivity (Wildman–Crippen MR) is 94.6 cm³/mol. The third-order valence-corrected chi connectivity index (χ3v) is 5.22. The Balaban J connectivity index is 1.56. The fraction of sp³-hybridized carbons (Fsp3) is 0.500. The molecule has 1 atom stereocenters. The highest BCUT2D eigenvalue weighted by molar-refractivity contribution is 9.10. The number of Topliss-reactive ketones (excluding diaryl/α,β-unsaturated/α-hetero) is 1. The summed E-state index contributed by atoms with van der Waals surface area (Å²) >= 11 is 3.42. The third kappa shape index (κ3) is 4.11. The van der Waals surface area contributed by atoms with Gasteiger partial charge in [-0.05, 0) is 66.3 Å². The Morgan fingerprint density at radius 3 is 2.83 bits per heavy atom. The second kappa shape index (κ2) is 8.03. The van der Waals surface area contributed by atoms with Crippen molar-refractivity contribution in [1.82, 2.24) is 14.9 Å². The van der Waals surface area contributed by atoms with Gasteiger partial charge < -0.3 is 4.42 Å². The van der Waals surface area contributed by atoms with Crippen molar-refractivity contribution >= 4 is 21.7 Å². The first-order chi connectivity index (χ1) is 11.7. The van der Waals surface area contributed by atoms with Gasteiger partial charge in [0, 0.05) is 12.5 Å². The first kappa shape index (κ1) is 17.3. The van der Waals surface area contributed by atoms with Crippen LogP contribution in [-0.4, -0.2) is 33.7 Å². The molecule has 1 aliphatic heterocycles. The van der Waals surface area contributed by atoms with E-state index in [2.05, 4.69) is 43.8 Å². The summed E-state index contributed by atoms with van der Waals surface area (Å²) in [5.74, 6) is 0.716. The maximum absolute atomic E-state index is 12.6. The molecule has 0 saturated carbocycles. The van der Waals surface area contributed by atoms with Crippen molar-refractivity contribution in [3.63, 3.8) is 0 Å². The first-order valence-corrected chi connectivity index (χ1v) is 9.24. The molecule has 6 heteroatoms. The van der Waals surface area contributed by atoms with Crippen molar-refractivity contribution in [3.05, 3.63) is 46.8 Å². The minimum Gasteiger partial charge on any atom is -0.442 e. The molecule has 1 fully saturated rings. The summed E-state index contributed by atoms with van der Waals surface area (Å²) in [4.78, 5) is 23.5. The molecule has 0 spiro atoms. The average molecular weight is 392 g/mol. The first-order valence-electron chi connectivity index (χ1n) is 8.45. The van der Waals surface area contributed by atoms with Crippen molar-refractivity contribution in [1.29, 1.82) is 0 Å². The molecular formula is C18H22BrN3O2. The monoisotopic (exact) mass is 391 g/mol. The van der Waals surface area contributed by atoms with Crippen LogP contribution in [0.1, 0.15) is 42.6 Å². The van der Waals surface area contributed by atoms with Gasteiger partial charge in [-0.25, -0.2) is 9.97 Å². The van der Waals surface area contributed by atoms with E-state index in [1.54, 1.807) is 0 Å². The van der Waals surface area contributed by atoms with E-state index in [0.29, 0.717) is 5.92 Å². The van der Waals surface area contributed by atoms with E-state index in [1.807, 2.05) is 12.1 Å². The number of hydrogen-bond donors (Lipinski definition) is 0. The van der Waals surface area contributed by atoms with Gasteiger partial charge in [-0.3, -0.25) is 9.69 Å². The quantitative estimate of drug-likeness (QED) is 0.550. The number of aromatic nitrogens is 2. The van der Waals surface area contributed by atoms with Gasteiger partial charge in [-0.1, -0.05) is 13.0 Å². The van der Waals surface area contributed by atoms with E-state index >= 15 is 0 Å². The van der Waals surface area contributed by atoms with E-state index in [1.165, 1.54) is 12.5 Å². The van der Waals surface area contributed by atoms with E-state index in [4.69, 9.17) is 4.42 Å². The van der Waals surface area contributed by atoms with Crippen molar-refractivity contribution in [2.75, 3.05) is 13.1 Å². The van der Waals surface area contributed by atoms with Crippen molar-refractivity contribution in [2.45, 2.75) is 32.7 Å². The molecule has 24 heavy (non-hydrogen) atoms. The highest BCUT2D eigenvalue weighted by Crippen LogP contribution is 2.30. The second-order valence-corrected chi connectivity index (χ2v) is 7.09. The largest absolute Gasteiger partial charge is 0.442 e. The molecule has 1 aliphatic rings. The number of hydrogen-bond acceptors (Lipinski definition) is 5. The third-order valence-electron chi connectivity index (χ3n) is 4.78. The number of nitrogens with zero attached hydrogens (tertiary/aromatic N) is 3. The van der Waals surface area contributed by atoms with Gasteiger partial charge in [0.2, 0.25) is 5.78 Å². The summed E-state index contributed by atoms with van der Waals surface area (Å²) in [5.41, 5.74) is 1.07. The maximum Gasteiger partial charge on any atom is 0.263 e. The molecule has 2 aromatic rings. The minimum atomic E-state index is 0.00907. The van der Waals surface area contributed by atoms with Crippen LogP contribution < -0.4 is 0 Å². The molecule has 3 rings (SSSR count). The molecule has 0 amide bonds. The van der Waals surface area contributed by atoms with Crippen molar-refractivity contribution in [2.24, 2.45) is 11.8 Å². The zero-order chi connectivity index (χ0) is 16.9. The van der Waals surface area contributed by atoms with E-state index in [0.717, 1.165) is 49.2 Å². The van der Waals surface area contributed by atoms with Crippen LogP contribution >= 0.6 is 15.9 Å². The minimum absolute atomic E-state index is 0.00907. The standard InChI is InChI=1S/C18H22BrN3O2/c1-2-15(17(23)18-20-8-11-24-18)13-6-9-22(10-7-13)12-14-4-3-5-16(19)21-14/h3-5,8,11,13,15H,2,6-7,9-10,12H2,1H3.